The number of anilines is 2. The van der Waals surface area contributed by atoms with Gasteiger partial charge in [-0.1, -0.05) is 19.4 Å². The molecule has 1 heterocycles. The number of nitrogens with zero attached hydrogens (tertiary/aromatic N) is 1. The van der Waals surface area contributed by atoms with E-state index in [4.69, 9.17) is 4.74 Å². The van der Waals surface area contributed by atoms with Gasteiger partial charge in [0.25, 0.3) is 5.91 Å². The molecule has 0 saturated carbocycles. The van der Waals surface area contributed by atoms with Crippen molar-refractivity contribution in [2.45, 2.75) is 46.0 Å². The van der Waals surface area contributed by atoms with Gasteiger partial charge in [0.15, 0.2) is 0 Å². The highest BCUT2D eigenvalue weighted by atomic mass is 16.5. The molecule has 28 heavy (non-hydrogen) atoms. The summed E-state index contributed by atoms with van der Waals surface area (Å²) in [7, 11) is 0. The molecule has 5 nitrogen and oxygen atoms in total. The Hall–Kier alpha value is -2.82. The zero-order valence-corrected chi connectivity index (χ0v) is 16.7. The maximum absolute atomic E-state index is 12.6. The van der Waals surface area contributed by atoms with Crippen LogP contribution in [-0.2, 0) is 4.79 Å². The molecule has 148 valence electrons. The monoisotopic (exact) mass is 380 g/mol. The second kappa shape index (κ2) is 9.40. The molecular weight excluding hydrogens is 352 g/mol. The third kappa shape index (κ3) is 4.91. The Kier molecular flexibility index (Phi) is 6.69. The summed E-state index contributed by atoms with van der Waals surface area (Å²) in [5.41, 5.74) is 3.16. The summed E-state index contributed by atoms with van der Waals surface area (Å²) in [5, 5.41) is 2.93. The number of hydrogen-bond donors (Lipinski definition) is 1. The number of ether oxygens (including phenoxy) is 1. The SMILES string of the molecule is CCCCOc1ccc(C(=O)Nc2ccc(C)c(N3CCCCC3=O)c2)cc1. The molecule has 0 unspecified atom stereocenters. The van der Waals surface area contributed by atoms with E-state index in [1.54, 1.807) is 12.1 Å². The van der Waals surface area contributed by atoms with Crippen LogP contribution in [0, 0.1) is 6.92 Å². The lowest BCUT2D eigenvalue weighted by molar-refractivity contribution is -0.119. The first-order valence-electron chi connectivity index (χ1n) is 10.0. The summed E-state index contributed by atoms with van der Waals surface area (Å²) >= 11 is 0. The number of carbonyl (C=O) groups is 2. The van der Waals surface area contributed by atoms with Crippen molar-refractivity contribution in [3.8, 4) is 5.75 Å². The molecule has 0 bridgehead atoms. The predicted molar refractivity (Wildman–Crippen MR) is 112 cm³/mol. The molecule has 0 atom stereocenters. The number of rotatable bonds is 7. The summed E-state index contributed by atoms with van der Waals surface area (Å²) in [6, 6.07) is 12.9. The minimum Gasteiger partial charge on any atom is -0.494 e. The normalized spacial score (nSPS) is 14.1. The first-order chi connectivity index (χ1) is 13.6. The number of hydrogen-bond acceptors (Lipinski definition) is 3. The van der Waals surface area contributed by atoms with Crippen LogP contribution in [0.1, 0.15) is 54.9 Å². The van der Waals surface area contributed by atoms with Gasteiger partial charge in [-0.15, -0.1) is 0 Å². The highest BCUT2D eigenvalue weighted by Crippen LogP contribution is 2.28. The van der Waals surface area contributed by atoms with E-state index in [1.165, 1.54) is 0 Å². The van der Waals surface area contributed by atoms with Crippen molar-refractivity contribution in [3.63, 3.8) is 0 Å². The average molecular weight is 380 g/mol. The molecule has 1 N–H and O–H groups in total. The molecule has 2 aromatic rings. The lowest BCUT2D eigenvalue weighted by Gasteiger charge is -2.28. The number of amides is 2. The Morgan fingerprint density at radius 2 is 1.93 bits per heavy atom. The maximum atomic E-state index is 12.6. The van der Waals surface area contributed by atoms with E-state index in [0.717, 1.165) is 49.2 Å². The molecule has 1 aliphatic rings. The van der Waals surface area contributed by atoms with Crippen LogP contribution >= 0.6 is 0 Å². The number of nitrogens with one attached hydrogen (secondary N) is 1. The standard InChI is InChI=1S/C23H28N2O3/c1-3-4-15-28-20-12-9-18(10-13-20)23(27)24-19-11-8-17(2)21(16-19)25-14-6-5-7-22(25)26/h8-13,16H,3-7,14-15H2,1-2H3,(H,24,27). The highest BCUT2D eigenvalue weighted by molar-refractivity contribution is 6.05. The highest BCUT2D eigenvalue weighted by Gasteiger charge is 2.21. The van der Waals surface area contributed by atoms with Crippen LogP contribution in [-0.4, -0.2) is 25.0 Å². The summed E-state index contributed by atoms with van der Waals surface area (Å²) in [6.07, 6.45) is 4.64. The van der Waals surface area contributed by atoms with E-state index in [0.29, 0.717) is 24.3 Å². The molecule has 5 heteroatoms. The first-order valence-corrected chi connectivity index (χ1v) is 10.0. The van der Waals surface area contributed by atoms with E-state index < -0.39 is 0 Å². The molecule has 0 spiro atoms. The Labute approximate surface area is 166 Å². The first kappa shape index (κ1) is 19.9. The van der Waals surface area contributed by atoms with Crippen molar-refractivity contribution in [2.75, 3.05) is 23.4 Å². The average Bonchev–Trinajstić information content (AvgIpc) is 2.71. The number of aryl methyl sites for hydroxylation is 1. The third-order valence-electron chi connectivity index (χ3n) is 4.96. The van der Waals surface area contributed by atoms with E-state index in [9.17, 15) is 9.59 Å². The second-order valence-electron chi connectivity index (χ2n) is 7.18. The van der Waals surface area contributed by atoms with E-state index >= 15 is 0 Å². The molecule has 0 aliphatic carbocycles. The van der Waals surface area contributed by atoms with Gasteiger partial charge in [-0.25, -0.2) is 0 Å². The lowest BCUT2D eigenvalue weighted by Crippen LogP contribution is -2.35. The molecule has 2 aromatic carbocycles. The van der Waals surface area contributed by atoms with Crippen molar-refractivity contribution in [1.82, 2.24) is 0 Å². The number of carbonyl (C=O) groups excluding carboxylic acids is 2. The molecule has 2 amide bonds. The third-order valence-corrected chi connectivity index (χ3v) is 4.96. The molecule has 0 aromatic heterocycles. The van der Waals surface area contributed by atoms with Crippen LogP contribution in [0.15, 0.2) is 42.5 Å². The summed E-state index contributed by atoms with van der Waals surface area (Å²) in [6.45, 7) is 5.52. The van der Waals surface area contributed by atoms with Crippen molar-refractivity contribution in [1.29, 1.82) is 0 Å². The summed E-state index contributed by atoms with van der Waals surface area (Å²) in [5.74, 6) is 0.739. The number of benzene rings is 2. The predicted octanol–water partition coefficient (Wildman–Crippen LogP) is 4.94. The van der Waals surface area contributed by atoms with Crippen molar-refractivity contribution in [2.24, 2.45) is 0 Å². The minimum atomic E-state index is -0.181. The van der Waals surface area contributed by atoms with E-state index in [1.807, 2.05) is 42.2 Å². The Morgan fingerprint density at radius 3 is 2.64 bits per heavy atom. The van der Waals surface area contributed by atoms with Crippen LogP contribution in [0.3, 0.4) is 0 Å². The van der Waals surface area contributed by atoms with Gasteiger partial charge in [-0.3, -0.25) is 9.59 Å². The fourth-order valence-electron chi connectivity index (χ4n) is 3.28. The van der Waals surface area contributed by atoms with Gasteiger partial charge in [-0.2, -0.15) is 0 Å². The smallest absolute Gasteiger partial charge is 0.255 e. The van der Waals surface area contributed by atoms with Gasteiger partial charge < -0.3 is 15.0 Å². The Morgan fingerprint density at radius 1 is 1.14 bits per heavy atom. The van der Waals surface area contributed by atoms with Gasteiger partial charge in [0.1, 0.15) is 5.75 Å². The van der Waals surface area contributed by atoms with Crippen LogP contribution in [0.25, 0.3) is 0 Å². The van der Waals surface area contributed by atoms with Gasteiger partial charge in [0.2, 0.25) is 5.91 Å². The van der Waals surface area contributed by atoms with Crippen LogP contribution in [0.2, 0.25) is 0 Å². The molecule has 1 aliphatic heterocycles. The Bertz CT molecular complexity index is 830. The summed E-state index contributed by atoms with van der Waals surface area (Å²) < 4.78 is 5.64. The van der Waals surface area contributed by atoms with Crippen molar-refractivity contribution < 1.29 is 14.3 Å². The summed E-state index contributed by atoms with van der Waals surface area (Å²) in [4.78, 5) is 26.7. The lowest BCUT2D eigenvalue weighted by atomic mass is 10.1. The number of unbranched alkanes of at least 4 members (excludes halogenated alkanes) is 1. The van der Waals surface area contributed by atoms with Crippen LogP contribution in [0.5, 0.6) is 5.75 Å². The molecule has 0 radical (unpaired) electrons. The van der Waals surface area contributed by atoms with Crippen LogP contribution in [0.4, 0.5) is 11.4 Å². The van der Waals surface area contributed by atoms with Gasteiger partial charge in [-0.05, 0) is 68.1 Å². The molecule has 1 saturated heterocycles. The fourth-order valence-corrected chi connectivity index (χ4v) is 3.28. The van der Waals surface area contributed by atoms with Gasteiger partial charge in [0, 0.05) is 29.9 Å². The second-order valence-corrected chi connectivity index (χ2v) is 7.18. The topological polar surface area (TPSA) is 58.6 Å². The molecule has 3 rings (SSSR count). The van der Waals surface area contributed by atoms with Crippen molar-refractivity contribution in [3.05, 3.63) is 53.6 Å². The quantitative estimate of drug-likeness (QED) is 0.692. The zero-order chi connectivity index (χ0) is 19.9. The van der Waals surface area contributed by atoms with Crippen molar-refractivity contribution >= 4 is 23.2 Å². The molecule has 1 fully saturated rings. The van der Waals surface area contributed by atoms with Gasteiger partial charge in [0.05, 0.1) is 6.61 Å². The van der Waals surface area contributed by atoms with E-state index in [-0.39, 0.29) is 11.8 Å². The number of piperidine rings is 1. The van der Waals surface area contributed by atoms with Gasteiger partial charge >= 0.3 is 0 Å². The fraction of sp³-hybridized carbons (Fsp3) is 0.391. The maximum Gasteiger partial charge on any atom is 0.255 e. The zero-order valence-electron chi connectivity index (χ0n) is 16.7. The largest absolute Gasteiger partial charge is 0.494 e. The Balaban J connectivity index is 1.68. The minimum absolute atomic E-state index is 0.150. The van der Waals surface area contributed by atoms with Crippen LogP contribution < -0.4 is 15.0 Å². The molecular formula is C23H28N2O3. The van der Waals surface area contributed by atoms with E-state index in [2.05, 4.69) is 12.2 Å².